The Bertz CT molecular complexity index is 937. The maximum Gasteiger partial charge on any atom is 0.243 e. The lowest BCUT2D eigenvalue weighted by atomic mass is 10.1. The second-order valence-corrected chi connectivity index (χ2v) is 8.13. The van der Waals surface area contributed by atoms with Crippen molar-refractivity contribution in [3.63, 3.8) is 0 Å². The van der Waals surface area contributed by atoms with Gasteiger partial charge in [0.05, 0.1) is 23.0 Å². The molecular weight excluding hydrogens is 358 g/mol. The fraction of sp³-hybridized carbons (Fsp3) is 0.375. The maximum atomic E-state index is 13.2. The molecule has 0 unspecified atom stereocenters. The number of sulfonamides is 1. The van der Waals surface area contributed by atoms with Gasteiger partial charge < -0.3 is 15.3 Å². The summed E-state index contributed by atoms with van der Waals surface area (Å²) in [5.74, 6) is 0. The van der Waals surface area contributed by atoms with Crippen molar-refractivity contribution in [1.29, 1.82) is 0 Å². The molecule has 3 rings (SSSR count). The predicted octanol–water partition coefficient (Wildman–Crippen LogP) is 1.48. The minimum absolute atomic E-state index is 0.0746. The maximum absolute atomic E-state index is 13.2. The molecule has 26 heavy (non-hydrogen) atoms. The SMILES string of the molecule is CN(C)c1cccc2c(S(=O)(=O)N3CCN(/[N+]([O-])=N/O)CC3)cccc12. The lowest BCUT2D eigenvalue weighted by Gasteiger charge is -2.30. The van der Waals surface area contributed by atoms with Crippen LogP contribution in [0, 0.1) is 5.21 Å². The van der Waals surface area contributed by atoms with Gasteiger partial charge in [0, 0.05) is 43.6 Å². The molecule has 1 aliphatic rings. The lowest BCUT2D eigenvalue weighted by Crippen LogP contribution is -2.50. The van der Waals surface area contributed by atoms with E-state index in [1.165, 1.54) is 9.31 Å². The normalized spacial score (nSPS) is 16.8. The van der Waals surface area contributed by atoms with Crippen molar-refractivity contribution >= 4 is 26.5 Å². The highest BCUT2D eigenvalue weighted by Gasteiger charge is 2.32. The summed E-state index contributed by atoms with van der Waals surface area (Å²) >= 11 is 0. The zero-order valence-electron chi connectivity index (χ0n) is 14.6. The van der Waals surface area contributed by atoms with E-state index in [4.69, 9.17) is 5.21 Å². The first-order chi connectivity index (χ1) is 12.4. The Morgan fingerprint density at radius 1 is 1.08 bits per heavy atom. The second-order valence-electron chi connectivity index (χ2n) is 6.22. The van der Waals surface area contributed by atoms with Crippen LogP contribution in [0.5, 0.6) is 0 Å². The summed E-state index contributed by atoms with van der Waals surface area (Å²) in [6, 6.07) is 10.8. The average molecular weight is 379 g/mol. The number of nitrogens with zero attached hydrogens (tertiary/aromatic N) is 5. The molecule has 0 bridgehead atoms. The van der Waals surface area contributed by atoms with Gasteiger partial charge in [-0.05, 0) is 12.1 Å². The summed E-state index contributed by atoms with van der Waals surface area (Å²) < 4.78 is 27.7. The van der Waals surface area contributed by atoms with Crippen molar-refractivity contribution in [3.8, 4) is 0 Å². The highest BCUT2D eigenvalue weighted by Crippen LogP contribution is 2.31. The largest absolute Gasteiger partial charge is 0.569 e. The number of hydrogen-bond acceptors (Lipinski definition) is 5. The van der Waals surface area contributed by atoms with E-state index in [2.05, 4.69) is 5.28 Å². The third-order valence-corrected chi connectivity index (χ3v) is 6.45. The van der Waals surface area contributed by atoms with Crippen LogP contribution in [0.3, 0.4) is 0 Å². The van der Waals surface area contributed by atoms with Crippen LogP contribution in [0.1, 0.15) is 0 Å². The highest BCUT2D eigenvalue weighted by molar-refractivity contribution is 7.89. The molecule has 0 saturated carbocycles. The van der Waals surface area contributed by atoms with Crippen molar-refractivity contribution in [2.75, 3.05) is 45.2 Å². The molecule has 1 saturated heterocycles. The van der Waals surface area contributed by atoms with E-state index in [-0.39, 0.29) is 36.0 Å². The third-order valence-electron chi connectivity index (χ3n) is 4.49. The lowest BCUT2D eigenvalue weighted by molar-refractivity contribution is -0.711. The first kappa shape index (κ1) is 18.2. The second kappa shape index (κ2) is 6.96. The Labute approximate surface area is 151 Å². The van der Waals surface area contributed by atoms with Crippen molar-refractivity contribution in [2.24, 2.45) is 5.28 Å². The van der Waals surface area contributed by atoms with Crippen LogP contribution >= 0.6 is 0 Å². The number of rotatable bonds is 4. The fourth-order valence-electron chi connectivity index (χ4n) is 3.16. The quantitative estimate of drug-likeness (QED) is 0.490. The van der Waals surface area contributed by atoms with E-state index in [1.807, 2.05) is 37.2 Å². The summed E-state index contributed by atoms with van der Waals surface area (Å²) in [4.78, 5) is 2.27. The Balaban J connectivity index is 1.97. The Morgan fingerprint density at radius 3 is 2.31 bits per heavy atom. The number of hydrogen-bond donors (Lipinski definition) is 1. The summed E-state index contributed by atoms with van der Waals surface area (Å²) in [5.41, 5.74) is 0.941. The van der Waals surface area contributed by atoms with Gasteiger partial charge in [-0.2, -0.15) is 4.31 Å². The zero-order valence-corrected chi connectivity index (χ0v) is 15.4. The van der Waals surface area contributed by atoms with Gasteiger partial charge in [0.25, 0.3) is 0 Å². The predicted molar refractivity (Wildman–Crippen MR) is 96.4 cm³/mol. The molecule has 0 aliphatic carbocycles. The van der Waals surface area contributed by atoms with Crippen LogP contribution in [-0.4, -0.2) is 68.2 Å². The Kier molecular flexibility index (Phi) is 4.88. The smallest absolute Gasteiger partial charge is 0.243 e. The van der Waals surface area contributed by atoms with Gasteiger partial charge in [-0.25, -0.2) is 8.42 Å². The number of fused-ring (bicyclic) bond motifs is 1. The summed E-state index contributed by atoms with van der Waals surface area (Å²) in [6.45, 7) is 0.585. The molecule has 0 atom stereocenters. The number of piperazine rings is 1. The van der Waals surface area contributed by atoms with Crippen LogP contribution in [0.15, 0.2) is 46.6 Å². The molecule has 0 radical (unpaired) electrons. The van der Waals surface area contributed by atoms with Gasteiger partial charge in [0.1, 0.15) is 0 Å². The standard InChI is InChI=1S/C16H21N5O4S/c1-18(2)15-7-3-6-14-13(15)5-4-8-16(14)26(24,25)20-11-9-19(10-12-20)21(23)17-22/h3-8,22H,9-12H2,1-2H3/b21-17-. The molecule has 1 N–H and O–H groups in total. The van der Waals surface area contributed by atoms with Crippen LogP contribution < -0.4 is 4.90 Å². The Hall–Kier alpha value is -2.59. The third kappa shape index (κ3) is 3.13. The summed E-state index contributed by atoms with van der Waals surface area (Å²) in [7, 11) is 0.113. The van der Waals surface area contributed by atoms with E-state index in [0.717, 1.165) is 11.1 Å². The minimum Gasteiger partial charge on any atom is -0.569 e. The van der Waals surface area contributed by atoms with Gasteiger partial charge in [0.15, 0.2) is 0 Å². The van der Waals surface area contributed by atoms with Crippen LogP contribution in [0.2, 0.25) is 0 Å². The number of benzene rings is 2. The van der Waals surface area contributed by atoms with Crippen molar-refractivity contribution in [1.82, 2.24) is 9.31 Å². The number of anilines is 1. The molecule has 0 aromatic heterocycles. The summed E-state index contributed by atoms with van der Waals surface area (Å²) in [6.07, 6.45) is 0. The van der Waals surface area contributed by atoms with Gasteiger partial charge in [-0.1, -0.05) is 24.3 Å². The zero-order chi connectivity index (χ0) is 18.9. The van der Waals surface area contributed by atoms with Gasteiger partial charge in [0.2, 0.25) is 15.3 Å². The van der Waals surface area contributed by atoms with E-state index >= 15 is 0 Å². The molecule has 1 fully saturated rings. The van der Waals surface area contributed by atoms with E-state index in [9.17, 15) is 13.6 Å². The van der Waals surface area contributed by atoms with E-state index < -0.39 is 10.0 Å². The average Bonchev–Trinajstić information content (AvgIpc) is 2.66. The minimum atomic E-state index is -3.71. The molecule has 10 heteroatoms. The van der Waals surface area contributed by atoms with Crippen LogP contribution in [-0.2, 0) is 10.0 Å². The molecule has 9 nitrogen and oxygen atoms in total. The monoisotopic (exact) mass is 379 g/mol. The van der Waals surface area contributed by atoms with Crippen molar-refractivity contribution in [2.45, 2.75) is 4.90 Å². The highest BCUT2D eigenvalue weighted by atomic mass is 32.2. The first-order valence-corrected chi connectivity index (χ1v) is 9.56. The van der Waals surface area contributed by atoms with E-state index in [1.54, 1.807) is 18.2 Å². The molecule has 2 aromatic rings. The van der Waals surface area contributed by atoms with Crippen molar-refractivity contribution in [3.05, 3.63) is 41.6 Å². The van der Waals surface area contributed by atoms with Gasteiger partial charge in [-0.3, -0.25) is 0 Å². The van der Waals surface area contributed by atoms with Crippen LogP contribution in [0.25, 0.3) is 10.8 Å². The molecule has 1 heterocycles. The summed E-state index contributed by atoms with van der Waals surface area (Å²) in [5, 5.41) is 25.2. The first-order valence-electron chi connectivity index (χ1n) is 8.12. The molecule has 0 spiro atoms. The molecule has 140 valence electrons. The number of hydrazine groups is 1. The topological polar surface area (TPSA) is 103 Å². The fourth-order valence-corrected chi connectivity index (χ4v) is 4.79. The molecule has 0 amide bonds. The van der Waals surface area contributed by atoms with Gasteiger partial charge in [-0.15, -0.1) is 5.01 Å². The molecule has 1 aliphatic heterocycles. The van der Waals surface area contributed by atoms with Gasteiger partial charge >= 0.3 is 0 Å². The Morgan fingerprint density at radius 2 is 1.69 bits per heavy atom. The van der Waals surface area contributed by atoms with Crippen LogP contribution in [0.4, 0.5) is 5.69 Å². The molecular formula is C16H21N5O4S. The molecule has 2 aromatic carbocycles. The van der Waals surface area contributed by atoms with Crippen molar-refractivity contribution < 1.29 is 18.6 Å². The van der Waals surface area contributed by atoms with E-state index in [0.29, 0.717) is 5.39 Å².